The molecule has 0 bridgehead atoms. The molecule has 0 aromatic heterocycles. The number of nitrogens with one attached hydrogen (secondary N) is 1. The molecule has 0 aliphatic rings. The molecule has 0 unspecified atom stereocenters. The van der Waals surface area contributed by atoms with Gasteiger partial charge in [-0.2, -0.15) is 0 Å². The highest BCUT2D eigenvalue weighted by molar-refractivity contribution is 7.92. The number of hydrogen-bond acceptors (Lipinski definition) is 3. The average molecular weight is 378 g/mol. The van der Waals surface area contributed by atoms with Crippen molar-refractivity contribution < 1.29 is 17.6 Å². The SMILES string of the molecule is CC(C)CCNC(=O)CN(c1ccccc1F)S(=O)(=O)c1ccccc1. The molecule has 0 saturated carbocycles. The normalized spacial score (nSPS) is 11.4. The van der Waals surface area contributed by atoms with Crippen molar-refractivity contribution in [3.63, 3.8) is 0 Å². The third-order valence-electron chi connectivity index (χ3n) is 3.78. The number of para-hydroxylation sites is 1. The number of amides is 1. The Morgan fingerprint density at radius 1 is 1.08 bits per heavy atom. The molecule has 1 N–H and O–H groups in total. The van der Waals surface area contributed by atoms with E-state index in [4.69, 9.17) is 0 Å². The van der Waals surface area contributed by atoms with Gasteiger partial charge in [-0.25, -0.2) is 12.8 Å². The lowest BCUT2D eigenvalue weighted by atomic mass is 10.1. The highest BCUT2D eigenvalue weighted by atomic mass is 32.2. The number of hydrogen-bond donors (Lipinski definition) is 1. The number of anilines is 1. The first-order valence-corrected chi connectivity index (χ1v) is 9.85. The number of halogens is 1. The topological polar surface area (TPSA) is 66.5 Å². The van der Waals surface area contributed by atoms with E-state index in [0.717, 1.165) is 10.7 Å². The second-order valence-electron chi connectivity index (χ2n) is 6.31. The van der Waals surface area contributed by atoms with Crippen LogP contribution in [0.25, 0.3) is 0 Å². The molecule has 7 heteroatoms. The van der Waals surface area contributed by atoms with E-state index in [1.165, 1.54) is 36.4 Å². The molecule has 26 heavy (non-hydrogen) atoms. The molecular weight excluding hydrogens is 355 g/mol. The highest BCUT2D eigenvalue weighted by Gasteiger charge is 2.28. The zero-order chi connectivity index (χ0) is 19.2. The van der Waals surface area contributed by atoms with Crippen molar-refractivity contribution in [2.75, 3.05) is 17.4 Å². The van der Waals surface area contributed by atoms with Crippen LogP contribution in [0.15, 0.2) is 59.5 Å². The lowest BCUT2D eigenvalue weighted by Crippen LogP contribution is -2.41. The Morgan fingerprint density at radius 3 is 2.31 bits per heavy atom. The van der Waals surface area contributed by atoms with Crippen LogP contribution in [0.5, 0.6) is 0 Å². The average Bonchev–Trinajstić information content (AvgIpc) is 2.61. The van der Waals surface area contributed by atoms with Crippen molar-refractivity contribution in [2.45, 2.75) is 25.2 Å². The van der Waals surface area contributed by atoms with Crippen LogP contribution in [-0.4, -0.2) is 27.4 Å². The van der Waals surface area contributed by atoms with Crippen LogP contribution in [0.3, 0.4) is 0 Å². The Hall–Kier alpha value is -2.41. The van der Waals surface area contributed by atoms with Gasteiger partial charge in [-0.3, -0.25) is 9.10 Å². The molecular formula is C19H23FN2O3S. The van der Waals surface area contributed by atoms with Crippen molar-refractivity contribution in [2.24, 2.45) is 5.92 Å². The Morgan fingerprint density at radius 2 is 1.69 bits per heavy atom. The first kappa shape index (κ1) is 19.9. The minimum absolute atomic E-state index is 0.00164. The van der Waals surface area contributed by atoms with Crippen molar-refractivity contribution in [3.05, 3.63) is 60.4 Å². The van der Waals surface area contributed by atoms with Crippen LogP contribution in [0.1, 0.15) is 20.3 Å². The van der Waals surface area contributed by atoms with Gasteiger partial charge in [0, 0.05) is 6.54 Å². The molecule has 0 atom stereocenters. The van der Waals surface area contributed by atoms with E-state index in [1.54, 1.807) is 18.2 Å². The van der Waals surface area contributed by atoms with Gasteiger partial charge in [-0.1, -0.05) is 44.2 Å². The van der Waals surface area contributed by atoms with Crippen molar-refractivity contribution in [1.29, 1.82) is 0 Å². The first-order valence-electron chi connectivity index (χ1n) is 8.41. The number of benzene rings is 2. The summed E-state index contributed by atoms with van der Waals surface area (Å²) in [6.07, 6.45) is 0.775. The van der Waals surface area contributed by atoms with Crippen molar-refractivity contribution in [1.82, 2.24) is 5.32 Å². The second kappa shape index (κ2) is 8.80. The van der Waals surface area contributed by atoms with E-state index in [0.29, 0.717) is 12.5 Å². The molecule has 2 aromatic carbocycles. The molecule has 0 radical (unpaired) electrons. The Balaban J connectivity index is 2.32. The smallest absolute Gasteiger partial charge is 0.264 e. The highest BCUT2D eigenvalue weighted by Crippen LogP contribution is 2.25. The molecule has 1 amide bonds. The summed E-state index contributed by atoms with van der Waals surface area (Å²) in [6.45, 7) is 4.00. The number of carbonyl (C=O) groups is 1. The number of nitrogens with zero attached hydrogens (tertiary/aromatic N) is 1. The predicted molar refractivity (Wildman–Crippen MR) is 99.8 cm³/mol. The van der Waals surface area contributed by atoms with Crippen LogP contribution in [0.4, 0.5) is 10.1 Å². The van der Waals surface area contributed by atoms with Crippen molar-refractivity contribution >= 4 is 21.6 Å². The maximum absolute atomic E-state index is 14.3. The predicted octanol–water partition coefficient (Wildman–Crippen LogP) is 3.18. The largest absolute Gasteiger partial charge is 0.355 e. The summed E-state index contributed by atoms with van der Waals surface area (Å²) in [4.78, 5) is 12.3. The van der Waals surface area contributed by atoms with Gasteiger partial charge in [-0.15, -0.1) is 0 Å². The lowest BCUT2D eigenvalue weighted by molar-refractivity contribution is -0.119. The van der Waals surface area contributed by atoms with E-state index in [1.807, 2.05) is 13.8 Å². The zero-order valence-electron chi connectivity index (χ0n) is 14.9. The van der Waals surface area contributed by atoms with Gasteiger partial charge in [0.05, 0.1) is 10.6 Å². The molecule has 0 heterocycles. The molecule has 2 aromatic rings. The van der Waals surface area contributed by atoms with E-state index in [2.05, 4.69) is 5.32 Å². The minimum Gasteiger partial charge on any atom is -0.355 e. The summed E-state index contributed by atoms with van der Waals surface area (Å²) in [5, 5.41) is 2.69. The third kappa shape index (κ3) is 5.05. The lowest BCUT2D eigenvalue weighted by Gasteiger charge is -2.24. The summed E-state index contributed by atoms with van der Waals surface area (Å²) in [5.74, 6) is -0.776. The summed E-state index contributed by atoms with van der Waals surface area (Å²) in [6, 6.07) is 13.2. The van der Waals surface area contributed by atoms with E-state index < -0.39 is 28.3 Å². The van der Waals surface area contributed by atoms with E-state index >= 15 is 0 Å². The van der Waals surface area contributed by atoms with Gasteiger partial charge in [0.2, 0.25) is 5.91 Å². The van der Waals surface area contributed by atoms with Crippen molar-refractivity contribution in [3.8, 4) is 0 Å². The summed E-state index contributed by atoms with van der Waals surface area (Å²) in [5.41, 5.74) is -0.157. The fourth-order valence-corrected chi connectivity index (χ4v) is 3.81. The van der Waals surface area contributed by atoms with E-state index in [-0.39, 0.29) is 10.6 Å². The maximum Gasteiger partial charge on any atom is 0.264 e. The number of sulfonamides is 1. The van der Waals surface area contributed by atoms with Crippen LogP contribution in [-0.2, 0) is 14.8 Å². The molecule has 0 aliphatic heterocycles. The molecule has 0 saturated heterocycles. The van der Waals surface area contributed by atoms with Gasteiger partial charge in [0.25, 0.3) is 10.0 Å². The Kier molecular flexibility index (Phi) is 6.74. The standard InChI is InChI=1S/C19H23FN2O3S/c1-15(2)12-13-21-19(23)14-22(18-11-7-6-10-17(18)20)26(24,25)16-8-4-3-5-9-16/h3-11,15H,12-14H2,1-2H3,(H,21,23). The van der Waals surface area contributed by atoms with Crippen LogP contribution in [0.2, 0.25) is 0 Å². The van der Waals surface area contributed by atoms with Gasteiger partial charge in [-0.05, 0) is 36.6 Å². The Bertz CT molecular complexity index is 839. The number of carbonyl (C=O) groups excluding carboxylic acids is 1. The zero-order valence-corrected chi connectivity index (χ0v) is 15.7. The van der Waals surface area contributed by atoms with Crippen LogP contribution >= 0.6 is 0 Å². The summed E-state index contributed by atoms with van der Waals surface area (Å²) < 4.78 is 41.0. The van der Waals surface area contributed by atoms with Gasteiger partial charge < -0.3 is 5.32 Å². The quantitative estimate of drug-likeness (QED) is 0.767. The third-order valence-corrected chi connectivity index (χ3v) is 5.56. The fraction of sp³-hybridized carbons (Fsp3) is 0.316. The first-order chi connectivity index (χ1) is 12.3. The summed E-state index contributed by atoms with van der Waals surface area (Å²) in [7, 11) is -4.08. The molecule has 0 aliphatic carbocycles. The van der Waals surface area contributed by atoms with Gasteiger partial charge in [0.1, 0.15) is 12.4 Å². The molecule has 0 spiro atoms. The summed E-state index contributed by atoms with van der Waals surface area (Å²) >= 11 is 0. The minimum atomic E-state index is -4.08. The molecule has 5 nitrogen and oxygen atoms in total. The second-order valence-corrected chi connectivity index (χ2v) is 8.17. The molecule has 0 fully saturated rings. The Labute approximate surface area is 153 Å². The van der Waals surface area contributed by atoms with E-state index in [9.17, 15) is 17.6 Å². The van der Waals surface area contributed by atoms with Gasteiger partial charge in [0.15, 0.2) is 0 Å². The molecule has 140 valence electrons. The molecule has 2 rings (SSSR count). The number of rotatable bonds is 8. The maximum atomic E-state index is 14.3. The van der Waals surface area contributed by atoms with Crippen LogP contribution < -0.4 is 9.62 Å². The van der Waals surface area contributed by atoms with Crippen LogP contribution in [0, 0.1) is 11.7 Å². The monoisotopic (exact) mass is 378 g/mol. The van der Waals surface area contributed by atoms with Gasteiger partial charge >= 0.3 is 0 Å². The fourth-order valence-electron chi connectivity index (χ4n) is 2.36.